The number of aliphatic carboxylic acids is 1. The Morgan fingerprint density at radius 3 is 2.54 bits per heavy atom. The third-order valence-electron chi connectivity index (χ3n) is 3.60. The molecule has 0 saturated carbocycles. The highest BCUT2D eigenvalue weighted by molar-refractivity contribution is 6.24. The molecule has 0 bridgehead atoms. The van der Waals surface area contributed by atoms with Crippen molar-refractivity contribution in [2.45, 2.75) is 30.7 Å². The molecule has 1 aromatic rings. The van der Waals surface area contributed by atoms with Crippen LogP contribution in [0.3, 0.4) is 0 Å². The number of carboxylic acids is 1. The van der Waals surface area contributed by atoms with E-state index in [1.807, 2.05) is 6.07 Å². The van der Waals surface area contributed by atoms with Gasteiger partial charge >= 0.3 is 5.97 Å². The molecule has 1 aromatic carbocycles. The number of nitrogens with zero attached hydrogens (tertiary/aromatic N) is 1. The first-order valence-electron chi connectivity index (χ1n) is 7.14. The Kier molecular flexibility index (Phi) is 5.58. The molecular weight excluding hydrogens is 336 g/mol. The number of ether oxygens (including phenoxy) is 1. The lowest BCUT2D eigenvalue weighted by Gasteiger charge is -2.53. The van der Waals surface area contributed by atoms with E-state index >= 15 is 0 Å². The molecule has 2 N–H and O–H groups in total. The third-order valence-corrected chi connectivity index (χ3v) is 4.07. The highest BCUT2D eigenvalue weighted by atomic mass is 35.5. The van der Waals surface area contributed by atoms with E-state index in [2.05, 4.69) is 11.9 Å². The number of alkyl halides is 1. The second-order valence-electron chi connectivity index (χ2n) is 5.37. The van der Waals surface area contributed by atoms with E-state index in [1.54, 1.807) is 31.2 Å². The fourth-order valence-corrected chi connectivity index (χ4v) is 2.97. The summed E-state index contributed by atoms with van der Waals surface area (Å²) in [6, 6.07) is 7.64. The number of hydrogen-bond donors (Lipinski definition) is 2. The van der Waals surface area contributed by atoms with E-state index in [1.165, 1.54) is 4.90 Å². The second-order valence-corrected chi connectivity index (χ2v) is 5.82. The molecule has 1 fully saturated rings. The molecule has 24 heavy (non-hydrogen) atoms. The lowest BCUT2D eigenvalue weighted by molar-refractivity contribution is -0.159. The number of rotatable bonds is 7. The Morgan fingerprint density at radius 2 is 2.04 bits per heavy atom. The van der Waals surface area contributed by atoms with E-state index in [4.69, 9.17) is 16.3 Å². The number of aldehydes is 1. The van der Waals surface area contributed by atoms with Crippen LogP contribution in [0.5, 0.6) is 5.75 Å². The highest BCUT2D eigenvalue weighted by Crippen LogP contribution is 2.35. The molecule has 1 saturated heterocycles. The predicted octanol–water partition coefficient (Wildman–Crippen LogP) is 0.985. The van der Waals surface area contributed by atoms with E-state index in [0.717, 1.165) is 0 Å². The van der Waals surface area contributed by atoms with Crippen molar-refractivity contribution in [3.05, 3.63) is 42.5 Å². The molecule has 1 heterocycles. The molecule has 0 aliphatic carbocycles. The van der Waals surface area contributed by atoms with Gasteiger partial charge in [0.05, 0.1) is 0 Å². The van der Waals surface area contributed by atoms with Crippen molar-refractivity contribution in [1.82, 2.24) is 10.2 Å². The first-order valence-corrected chi connectivity index (χ1v) is 7.57. The monoisotopic (exact) mass is 352 g/mol. The van der Waals surface area contributed by atoms with Gasteiger partial charge < -0.3 is 15.2 Å². The molecule has 1 aliphatic heterocycles. The van der Waals surface area contributed by atoms with Gasteiger partial charge in [0.2, 0.25) is 6.29 Å². The maximum absolute atomic E-state index is 11.5. The molecule has 8 heteroatoms. The minimum Gasteiger partial charge on any atom is -0.484 e. The number of likely N-dealkylation sites (tertiary alicyclic amines) is 1. The zero-order valence-corrected chi connectivity index (χ0v) is 13.6. The summed E-state index contributed by atoms with van der Waals surface area (Å²) in [6.45, 7) is 5.20. The quantitative estimate of drug-likeness (QED) is 0.250. The minimum atomic E-state index is -1.16. The largest absolute Gasteiger partial charge is 0.484 e. The summed E-state index contributed by atoms with van der Waals surface area (Å²) in [5, 5.41) is 11.8. The number of carboxylic acid groups (broad SMARTS) is 1. The number of halogens is 1. The summed E-state index contributed by atoms with van der Waals surface area (Å²) in [5.41, 5.74) is -0.475. The zero-order chi connectivity index (χ0) is 17.9. The lowest BCUT2D eigenvalue weighted by Crippen LogP contribution is -2.76. The van der Waals surface area contributed by atoms with Crippen molar-refractivity contribution in [3.8, 4) is 5.75 Å². The Bertz CT molecular complexity index is 637. The third kappa shape index (κ3) is 3.58. The van der Waals surface area contributed by atoms with Gasteiger partial charge in [0, 0.05) is 0 Å². The van der Waals surface area contributed by atoms with Gasteiger partial charge in [-0.05, 0) is 19.1 Å². The lowest BCUT2D eigenvalue weighted by atomic mass is 9.98. The van der Waals surface area contributed by atoms with Gasteiger partial charge in [-0.3, -0.25) is 14.4 Å². The van der Waals surface area contributed by atoms with Crippen LogP contribution in [0, 0.1) is 0 Å². The molecule has 0 radical (unpaired) electrons. The molecule has 2 rings (SSSR count). The molecule has 0 aromatic heterocycles. The van der Waals surface area contributed by atoms with E-state index in [0.29, 0.717) is 11.3 Å². The maximum Gasteiger partial charge on any atom is 0.325 e. The average Bonchev–Trinajstić information content (AvgIpc) is 2.56. The second kappa shape index (κ2) is 7.46. The Balaban J connectivity index is 2.25. The molecule has 1 aliphatic rings. The summed E-state index contributed by atoms with van der Waals surface area (Å²) >= 11 is 6.29. The number of hydrogen-bond acceptors (Lipinski definition) is 5. The van der Waals surface area contributed by atoms with Gasteiger partial charge in [-0.25, -0.2) is 4.90 Å². The summed E-state index contributed by atoms with van der Waals surface area (Å²) < 4.78 is 5.73. The van der Waals surface area contributed by atoms with Crippen molar-refractivity contribution in [1.29, 1.82) is 0 Å². The molecule has 7 nitrogen and oxygen atoms in total. The summed E-state index contributed by atoms with van der Waals surface area (Å²) in [5.74, 6) is -1.53. The fourth-order valence-electron chi connectivity index (χ4n) is 2.55. The average molecular weight is 353 g/mol. The standard InChI is InChI=1S/C16H17ClN2O5/c1-9(2)12(16(22)23)19-14(17)13(15(19)18-11(21)8-20)24-10-6-4-3-5-7-10/h3-8,12-15H,1H2,2H3,(H,18,21)(H,22,23). The SMILES string of the molecule is C=C(C)C(C(=O)O)N1C(Cl)C(Oc2ccccc2)C1NC(=O)C=O. The van der Waals surface area contributed by atoms with Crippen LogP contribution in [0.15, 0.2) is 42.5 Å². The Labute approximate surface area is 143 Å². The number of amides is 1. The van der Waals surface area contributed by atoms with Crippen molar-refractivity contribution >= 4 is 29.8 Å². The predicted molar refractivity (Wildman–Crippen MR) is 86.6 cm³/mol. The van der Waals surface area contributed by atoms with Gasteiger partial charge in [-0.15, -0.1) is 11.6 Å². The molecule has 128 valence electrons. The van der Waals surface area contributed by atoms with Gasteiger partial charge in [-0.2, -0.15) is 0 Å². The molecule has 4 atom stereocenters. The van der Waals surface area contributed by atoms with Crippen molar-refractivity contribution in [3.63, 3.8) is 0 Å². The van der Waals surface area contributed by atoms with Crippen molar-refractivity contribution in [2.24, 2.45) is 0 Å². The van der Waals surface area contributed by atoms with Gasteiger partial charge in [0.15, 0.2) is 6.10 Å². The van der Waals surface area contributed by atoms with E-state index in [9.17, 15) is 19.5 Å². The van der Waals surface area contributed by atoms with Gasteiger partial charge in [0.25, 0.3) is 5.91 Å². The van der Waals surface area contributed by atoms with Crippen LogP contribution < -0.4 is 10.1 Å². The molecule has 4 unspecified atom stereocenters. The Hall–Kier alpha value is -2.38. The normalized spacial score (nSPS) is 24.3. The van der Waals surface area contributed by atoms with Crippen molar-refractivity contribution < 1.29 is 24.2 Å². The van der Waals surface area contributed by atoms with Crippen LogP contribution in [0.2, 0.25) is 0 Å². The first-order chi connectivity index (χ1) is 11.4. The van der Waals surface area contributed by atoms with Crippen LogP contribution in [-0.2, 0) is 14.4 Å². The number of para-hydroxylation sites is 1. The highest BCUT2D eigenvalue weighted by Gasteiger charge is 2.55. The van der Waals surface area contributed by atoms with E-state index in [-0.39, 0.29) is 6.29 Å². The van der Waals surface area contributed by atoms with Gasteiger partial charge in [-0.1, -0.05) is 30.4 Å². The van der Waals surface area contributed by atoms with Crippen LogP contribution in [0.1, 0.15) is 6.92 Å². The number of nitrogens with one attached hydrogen (secondary N) is 1. The smallest absolute Gasteiger partial charge is 0.325 e. The summed E-state index contributed by atoms with van der Waals surface area (Å²) in [6.07, 6.45) is -1.49. The Morgan fingerprint density at radius 1 is 1.42 bits per heavy atom. The van der Waals surface area contributed by atoms with Crippen LogP contribution in [-0.4, -0.2) is 52.0 Å². The molecule has 1 amide bonds. The number of carbonyl (C=O) groups excluding carboxylic acids is 2. The first kappa shape index (κ1) is 18.0. The van der Waals surface area contributed by atoms with Gasteiger partial charge in [0.1, 0.15) is 23.5 Å². The van der Waals surface area contributed by atoms with E-state index < -0.39 is 35.7 Å². The van der Waals surface area contributed by atoms with Crippen LogP contribution in [0.25, 0.3) is 0 Å². The molecular formula is C16H17ClN2O5. The molecule has 0 spiro atoms. The maximum atomic E-state index is 11.5. The van der Waals surface area contributed by atoms with Crippen LogP contribution >= 0.6 is 11.6 Å². The number of benzene rings is 1. The zero-order valence-electron chi connectivity index (χ0n) is 12.9. The van der Waals surface area contributed by atoms with Crippen molar-refractivity contribution in [2.75, 3.05) is 0 Å². The topological polar surface area (TPSA) is 95.9 Å². The van der Waals surface area contributed by atoms with Crippen LogP contribution in [0.4, 0.5) is 0 Å². The summed E-state index contributed by atoms with van der Waals surface area (Å²) in [4.78, 5) is 34.9. The number of carbonyl (C=O) groups is 3. The fraction of sp³-hybridized carbons (Fsp3) is 0.312. The summed E-state index contributed by atoms with van der Waals surface area (Å²) in [7, 11) is 0. The minimum absolute atomic E-state index is 0.107.